The van der Waals surface area contributed by atoms with E-state index in [4.69, 9.17) is 11.6 Å². The first-order valence-electron chi connectivity index (χ1n) is 7.24. The second-order valence-corrected chi connectivity index (χ2v) is 5.77. The summed E-state index contributed by atoms with van der Waals surface area (Å²) in [5.74, 6) is -1.47. The predicted molar refractivity (Wildman–Crippen MR) is 84.1 cm³/mol. The van der Waals surface area contributed by atoms with E-state index in [1.165, 1.54) is 0 Å². The van der Waals surface area contributed by atoms with Crippen molar-refractivity contribution in [2.24, 2.45) is 0 Å². The highest BCUT2D eigenvalue weighted by Gasteiger charge is 2.38. The van der Waals surface area contributed by atoms with Gasteiger partial charge in [0.1, 0.15) is 0 Å². The third kappa shape index (κ3) is 3.79. The highest BCUT2D eigenvalue weighted by molar-refractivity contribution is 6.28. The van der Waals surface area contributed by atoms with Gasteiger partial charge in [-0.2, -0.15) is 18.2 Å². The molecule has 0 amide bonds. The molecule has 1 aromatic carbocycles. The third-order valence-electron chi connectivity index (χ3n) is 3.65. The lowest BCUT2D eigenvalue weighted by molar-refractivity contribution is -0.159. The SMILES string of the molecule is Cc1nc(Cl)nc(C)c1Cc1ccc(-c2noc(C(F)(F)F)n2)cc1. The van der Waals surface area contributed by atoms with Crippen molar-refractivity contribution >= 4 is 11.6 Å². The zero-order valence-corrected chi connectivity index (χ0v) is 14.0. The quantitative estimate of drug-likeness (QED) is 0.641. The van der Waals surface area contributed by atoms with Crippen molar-refractivity contribution in [3.63, 3.8) is 0 Å². The summed E-state index contributed by atoms with van der Waals surface area (Å²) >= 11 is 5.82. The van der Waals surface area contributed by atoms with E-state index >= 15 is 0 Å². The number of benzene rings is 1. The van der Waals surface area contributed by atoms with Crippen molar-refractivity contribution in [2.75, 3.05) is 0 Å². The van der Waals surface area contributed by atoms with Gasteiger partial charge in [0.15, 0.2) is 0 Å². The minimum absolute atomic E-state index is 0.110. The first-order chi connectivity index (χ1) is 11.7. The van der Waals surface area contributed by atoms with Crippen molar-refractivity contribution in [3.8, 4) is 11.4 Å². The monoisotopic (exact) mass is 368 g/mol. The van der Waals surface area contributed by atoms with Gasteiger partial charge in [0.2, 0.25) is 11.1 Å². The van der Waals surface area contributed by atoms with Crippen LogP contribution in [0, 0.1) is 13.8 Å². The van der Waals surface area contributed by atoms with Crippen molar-refractivity contribution in [2.45, 2.75) is 26.4 Å². The Balaban J connectivity index is 1.83. The van der Waals surface area contributed by atoms with E-state index in [0.29, 0.717) is 12.0 Å². The Labute approximate surface area is 145 Å². The second kappa shape index (κ2) is 6.44. The molecule has 0 aliphatic carbocycles. The lowest BCUT2D eigenvalue weighted by Crippen LogP contribution is -2.04. The molecule has 0 unspecified atom stereocenters. The van der Waals surface area contributed by atoms with Gasteiger partial charge in [-0.25, -0.2) is 9.97 Å². The maximum atomic E-state index is 12.5. The number of aryl methyl sites for hydroxylation is 2. The van der Waals surface area contributed by atoms with E-state index in [1.807, 2.05) is 13.8 Å². The molecule has 5 nitrogen and oxygen atoms in total. The van der Waals surface area contributed by atoms with Crippen molar-refractivity contribution in [1.82, 2.24) is 20.1 Å². The van der Waals surface area contributed by atoms with E-state index in [1.54, 1.807) is 24.3 Å². The molecule has 130 valence electrons. The van der Waals surface area contributed by atoms with Crippen LogP contribution in [-0.2, 0) is 12.6 Å². The van der Waals surface area contributed by atoms with Gasteiger partial charge in [0, 0.05) is 23.4 Å². The fourth-order valence-electron chi connectivity index (χ4n) is 2.39. The molecule has 25 heavy (non-hydrogen) atoms. The molecule has 3 aromatic rings. The summed E-state index contributed by atoms with van der Waals surface area (Å²) in [6.07, 6.45) is -4.08. The van der Waals surface area contributed by atoms with Crippen LogP contribution in [0.3, 0.4) is 0 Å². The molecule has 0 bridgehead atoms. The number of alkyl halides is 3. The van der Waals surface area contributed by atoms with Crippen LogP contribution in [0.25, 0.3) is 11.4 Å². The number of aromatic nitrogens is 4. The standard InChI is InChI=1S/C16H12ClF3N4O/c1-8-12(9(2)22-15(17)21-8)7-10-3-5-11(6-4-10)13-23-14(25-24-13)16(18,19)20/h3-6H,7H2,1-2H3. The molecule has 0 aliphatic rings. The maximum absolute atomic E-state index is 12.5. The Hall–Kier alpha value is -2.48. The molecule has 3 rings (SSSR count). The molecule has 2 heterocycles. The van der Waals surface area contributed by atoms with Gasteiger partial charge in [-0.15, -0.1) is 0 Å². The van der Waals surface area contributed by atoms with E-state index in [2.05, 4.69) is 24.6 Å². The minimum Gasteiger partial charge on any atom is -0.329 e. The largest absolute Gasteiger partial charge is 0.471 e. The Kier molecular flexibility index (Phi) is 4.47. The Bertz CT molecular complexity index is 883. The molecule has 0 aliphatic heterocycles. The number of hydrogen-bond acceptors (Lipinski definition) is 5. The van der Waals surface area contributed by atoms with Crippen LogP contribution >= 0.6 is 11.6 Å². The summed E-state index contributed by atoms with van der Waals surface area (Å²) in [6.45, 7) is 3.70. The van der Waals surface area contributed by atoms with E-state index in [9.17, 15) is 13.2 Å². The molecular formula is C16H12ClF3N4O. The van der Waals surface area contributed by atoms with Crippen LogP contribution in [-0.4, -0.2) is 20.1 Å². The number of nitrogens with zero attached hydrogens (tertiary/aromatic N) is 4. The summed E-state index contributed by atoms with van der Waals surface area (Å²) in [4.78, 5) is 11.6. The number of hydrogen-bond donors (Lipinski definition) is 0. The number of rotatable bonds is 3. The molecule has 0 saturated carbocycles. The molecule has 2 aromatic heterocycles. The smallest absolute Gasteiger partial charge is 0.329 e. The van der Waals surface area contributed by atoms with Crippen LogP contribution < -0.4 is 0 Å². The van der Waals surface area contributed by atoms with E-state index in [0.717, 1.165) is 22.5 Å². The topological polar surface area (TPSA) is 64.7 Å². The Morgan fingerprint density at radius 1 is 1.00 bits per heavy atom. The zero-order chi connectivity index (χ0) is 18.2. The summed E-state index contributed by atoms with van der Waals surface area (Å²) in [7, 11) is 0. The van der Waals surface area contributed by atoms with Crippen LogP contribution in [0.5, 0.6) is 0 Å². The van der Waals surface area contributed by atoms with Crippen molar-refractivity contribution < 1.29 is 17.7 Å². The van der Waals surface area contributed by atoms with Gasteiger partial charge in [0.25, 0.3) is 0 Å². The van der Waals surface area contributed by atoms with Gasteiger partial charge in [-0.1, -0.05) is 29.4 Å². The lowest BCUT2D eigenvalue weighted by atomic mass is 10.0. The Morgan fingerprint density at radius 2 is 1.60 bits per heavy atom. The van der Waals surface area contributed by atoms with Crippen molar-refractivity contribution in [3.05, 3.63) is 58.0 Å². The van der Waals surface area contributed by atoms with Crippen LogP contribution in [0.4, 0.5) is 13.2 Å². The summed E-state index contributed by atoms with van der Waals surface area (Å²) in [5, 5.41) is 3.56. The summed E-state index contributed by atoms with van der Waals surface area (Å²) in [6, 6.07) is 6.85. The first kappa shape index (κ1) is 17.3. The average Bonchev–Trinajstić information content (AvgIpc) is 3.01. The van der Waals surface area contributed by atoms with Crippen LogP contribution in [0.2, 0.25) is 5.28 Å². The van der Waals surface area contributed by atoms with Crippen LogP contribution in [0.1, 0.15) is 28.4 Å². The fraction of sp³-hybridized carbons (Fsp3) is 0.250. The molecular weight excluding hydrogens is 357 g/mol. The molecule has 9 heteroatoms. The normalized spacial score (nSPS) is 11.8. The first-order valence-corrected chi connectivity index (χ1v) is 7.61. The minimum atomic E-state index is -4.66. The van der Waals surface area contributed by atoms with Crippen molar-refractivity contribution in [1.29, 1.82) is 0 Å². The van der Waals surface area contributed by atoms with E-state index < -0.39 is 12.1 Å². The van der Waals surface area contributed by atoms with Crippen LogP contribution in [0.15, 0.2) is 28.8 Å². The average molecular weight is 369 g/mol. The van der Waals surface area contributed by atoms with Gasteiger partial charge < -0.3 is 4.52 Å². The zero-order valence-electron chi connectivity index (χ0n) is 13.2. The fourth-order valence-corrected chi connectivity index (χ4v) is 2.64. The molecule has 0 fully saturated rings. The number of halogens is 4. The third-order valence-corrected chi connectivity index (χ3v) is 3.82. The van der Waals surface area contributed by atoms with Gasteiger partial charge >= 0.3 is 12.1 Å². The highest BCUT2D eigenvalue weighted by atomic mass is 35.5. The molecule has 0 radical (unpaired) electrons. The molecule has 0 atom stereocenters. The van der Waals surface area contributed by atoms with Gasteiger partial charge in [0.05, 0.1) is 0 Å². The van der Waals surface area contributed by atoms with E-state index in [-0.39, 0.29) is 11.1 Å². The summed E-state index contributed by atoms with van der Waals surface area (Å²) < 4.78 is 41.8. The van der Waals surface area contributed by atoms with Gasteiger partial charge in [-0.3, -0.25) is 0 Å². The molecule has 0 spiro atoms. The predicted octanol–water partition coefficient (Wildman–Crippen LogP) is 4.41. The van der Waals surface area contributed by atoms with Gasteiger partial charge in [-0.05, 0) is 36.6 Å². The Morgan fingerprint density at radius 3 is 2.12 bits per heavy atom. The summed E-state index contributed by atoms with van der Waals surface area (Å²) in [5.41, 5.74) is 3.91. The molecule has 0 N–H and O–H groups in total. The second-order valence-electron chi connectivity index (χ2n) is 5.44. The molecule has 0 saturated heterocycles. The maximum Gasteiger partial charge on any atom is 0.471 e. The lowest BCUT2D eigenvalue weighted by Gasteiger charge is -2.09. The highest BCUT2D eigenvalue weighted by Crippen LogP contribution is 2.29.